The van der Waals surface area contributed by atoms with Crippen LogP contribution in [0.2, 0.25) is 0 Å². The number of nitrogens with one attached hydrogen (secondary N) is 1. The van der Waals surface area contributed by atoms with Crippen molar-refractivity contribution in [2.75, 3.05) is 5.32 Å². The summed E-state index contributed by atoms with van der Waals surface area (Å²) in [6.45, 7) is 1.76. The first-order valence-corrected chi connectivity index (χ1v) is 6.35. The number of anilines is 1. The Kier molecular flexibility index (Phi) is 3.75. The van der Waals surface area contributed by atoms with Crippen LogP contribution in [-0.2, 0) is 0 Å². The Hall–Kier alpha value is -2.02. The van der Waals surface area contributed by atoms with Crippen molar-refractivity contribution in [2.24, 2.45) is 0 Å². The largest absolute Gasteiger partial charge is 0.373 e. The topological polar surface area (TPSA) is 55.2 Å². The molecule has 0 amide bonds. The van der Waals surface area contributed by atoms with Gasteiger partial charge in [-0.2, -0.15) is 15.7 Å². The predicted molar refractivity (Wildman–Crippen MR) is 69.4 cm³/mol. The van der Waals surface area contributed by atoms with Gasteiger partial charge in [0.25, 0.3) is 0 Å². The van der Waals surface area contributed by atoms with Crippen molar-refractivity contribution in [1.82, 2.24) is 0 Å². The van der Waals surface area contributed by atoms with E-state index in [1.54, 1.807) is 6.92 Å². The summed E-state index contributed by atoms with van der Waals surface area (Å²) < 4.78 is 26.6. The molecular weight excluding hydrogens is 274 g/mol. The van der Waals surface area contributed by atoms with E-state index in [1.807, 2.05) is 16.8 Å². The maximum Gasteiger partial charge on any atom is 0.327 e. The van der Waals surface area contributed by atoms with Crippen LogP contribution in [-0.4, -0.2) is 4.92 Å². The van der Waals surface area contributed by atoms with Crippen LogP contribution in [0.4, 0.5) is 20.2 Å². The second-order valence-corrected chi connectivity index (χ2v) is 4.74. The molecule has 0 bridgehead atoms. The van der Waals surface area contributed by atoms with Gasteiger partial charge in [0.05, 0.1) is 4.92 Å². The minimum Gasteiger partial charge on any atom is -0.373 e. The number of benzene rings is 1. The lowest BCUT2D eigenvalue weighted by atomic mass is 10.1. The molecule has 1 N–H and O–H groups in total. The molecule has 0 aliphatic heterocycles. The molecule has 1 aromatic heterocycles. The monoisotopic (exact) mass is 284 g/mol. The lowest BCUT2D eigenvalue weighted by molar-refractivity contribution is -0.386. The van der Waals surface area contributed by atoms with Crippen LogP contribution in [0, 0.1) is 21.7 Å². The summed E-state index contributed by atoms with van der Waals surface area (Å²) in [6.07, 6.45) is 0. The van der Waals surface area contributed by atoms with Crippen molar-refractivity contribution >= 4 is 22.7 Å². The first-order chi connectivity index (χ1) is 8.99. The molecular formula is C12H10F2N2O2S. The first kappa shape index (κ1) is 13.4. The second-order valence-electron chi connectivity index (χ2n) is 3.96. The average Bonchev–Trinajstić information content (AvgIpc) is 2.80. The Labute approximate surface area is 111 Å². The van der Waals surface area contributed by atoms with Gasteiger partial charge >= 0.3 is 5.69 Å². The van der Waals surface area contributed by atoms with Gasteiger partial charge in [-0.1, -0.05) is 0 Å². The summed E-state index contributed by atoms with van der Waals surface area (Å²) in [5, 5.41) is 17.3. The Morgan fingerprint density at radius 3 is 2.74 bits per heavy atom. The normalized spacial score (nSPS) is 12.2. The van der Waals surface area contributed by atoms with E-state index in [0.717, 1.165) is 11.6 Å². The lowest BCUT2D eigenvalue weighted by Crippen LogP contribution is -2.09. The van der Waals surface area contributed by atoms with Crippen LogP contribution in [0.25, 0.3) is 0 Å². The van der Waals surface area contributed by atoms with Gasteiger partial charge in [0, 0.05) is 18.2 Å². The van der Waals surface area contributed by atoms with E-state index < -0.39 is 22.2 Å². The molecule has 0 saturated carbocycles. The Morgan fingerprint density at radius 1 is 1.42 bits per heavy atom. The van der Waals surface area contributed by atoms with Gasteiger partial charge in [0.15, 0.2) is 0 Å². The van der Waals surface area contributed by atoms with Gasteiger partial charge in [-0.3, -0.25) is 10.1 Å². The van der Waals surface area contributed by atoms with Crippen molar-refractivity contribution in [3.63, 3.8) is 0 Å². The number of hydrogen-bond donors (Lipinski definition) is 1. The SMILES string of the molecule is CC(Nc1cc(F)cc(F)c1[N+](=O)[O-])c1ccsc1. The van der Waals surface area contributed by atoms with Crippen LogP contribution >= 0.6 is 11.3 Å². The van der Waals surface area contributed by atoms with Gasteiger partial charge in [0.2, 0.25) is 5.82 Å². The number of nitro groups is 1. The molecule has 2 aromatic rings. The van der Waals surface area contributed by atoms with Crippen molar-refractivity contribution < 1.29 is 13.7 Å². The molecule has 1 unspecified atom stereocenters. The molecule has 1 atom stereocenters. The van der Waals surface area contributed by atoms with Crippen LogP contribution in [0.3, 0.4) is 0 Å². The summed E-state index contributed by atoms with van der Waals surface area (Å²) in [6, 6.07) is 2.97. The molecule has 0 radical (unpaired) electrons. The molecule has 0 aliphatic carbocycles. The smallest absolute Gasteiger partial charge is 0.327 e. The molecule has 0 fully saturated rings. The highest BCUT2D eigenvalue weighted by molar-refractivity contribution is 7.07. The molecule has 0 spiro atoms. The van der Waals surface area contributed by atoms with Crippen molar-refractivity contribution in [3.05, 3.63) is 56.3 Å². The Bertz CT molecular complexity index is 602. The molecule has 100 valence electrons. The zero-order valence-electron chi connectivity index (χ0n) is 9.89. The van der Waals surface area contributed by atoms with E-state index in [0.29, 0.717) is 6.07 Å². The average molecular weight is 284 g/mol. The molecule has 0 saturated heterocycles. The van der Waals surface area contributed by atoms with Gasteiger partial charge in [0.1, 0.15) is 11.5 Å². The molecule has 1 aromatic carbocycles. The number of nitro benzene ring substituents is 1. The molecule has 2 rings (SSSR count). The minimum absolute atomic E-state index is 0.166. The molecule has 1 heterocycles. The van der Waals surface area contributed by atoms with Crippen LogP contribution in [0.5, 0.6) is 0 Å². The van der Waals surface area contributed by atoms with E-state index in [-0.39, 0.29) is 11.7 Å². The zero-order valence-corrected chi connectivity index (χ0v) is 10.7. The van der Waals surface area contributed by atoms with Crippen LogP contribution in [0.1, 0.15) is 18.5 Å². The molecule has 19 heavy (non-hydrogen) atoms. The third-order valence-electron chi connectivity index (χ3n) is 2.63. The van der Waals surface area contributed by atoms with Gasteiger partial charge in [-0.05, 0) is 29.3 Å². The molecule has 4 nitrogen and oxygen atoms in total. The van der Waals surface area contributed by atoms with Gasteiger partial charge in [-0.25, -0.2) is 4.39 Å². The Balaban J connectivity index is 2.36. The van der Waals surface area contributed by atoms with E-state index >= 15 is 0 Å². The van der Waals surface area contributed by atoms with E-state index in [2.05, 4.69) is 5.32 Å². The zero-order chi connectivity index (χ0) is 14.0. The fraction of sp³-hybridized carbons (Fsp3) is 0.167. The van der Waals surface area contributed by atoms with E-state index in [9.17, 15) is 18.9 Å². The number of hydrogen-bond acceptors (Lipinski definition) is 4. The maximum absolute atomic E-state index is 13.4. The standard InChI is InChI=1S/C12H10F2N2O2S/c1-7(8-2-3-19-6-8)15-11-5-9(13)4-10(14)12(11)16(17)18/h2-7,15H,1H3. The maximum atomic E-state index is 13.4. The van der Waals surface area contributed by atoms with Crippen LogP contribution in [0.15, 0.2) is 29.0 Å². The first-order valence-electron chi connectivity index (χ1n) is 5.41. The number of thiophene rings is 1. The van der Waals surface area contributed by atoms with Crippen molar-refractivity contribution in [2.45, 2.75) is 13.0 Å². The number of rotatable bonds is 4. The highest BCUT2D eigenvalue weighted by Gasteiger charge is 2.23. The lowest BCUT2D eigenvalue weighted by Gasteiger charge is -2.14. The number of nitrogens with zero attached hydrogens (tertiary/aromatic N) is 1. The quantitative estimate of drug-likeness (QED) is 0.679. The van der Waals surface area contributed by atoms with Crippen molar-refractivity contribution in [3.8, 4) is 0 Å². The third-order valence-corrected chi connectivity index (χ3v) is 3.33. The van der Waals surface area contributed by atoms with E-state index in [1.165, 1.54) is 11.3 Å². The summed E-state index contributed by atoms with van der Waals surface area (Å²) in [7, 11) is 0. The third kappa shape index (κ3) is 2.87. The highest BCUT2D eigenvalue weighted by atomic mass is 32.1. The second kappa shape index (κ2) is 5.31. The minimum atomic E-state index is -1.19. The highest BCUT2D eigenvalue weighted by Crippen LogP contribution is 2.32. The molecule has 7 heteroatoms. The fourth-order valence-electron chi connectivity index (χ4n) is 1.70. The Morgan fingerprint density at radius 2 is 2.16 bits per heavy atom. The van der Waals surface area contributed by atoms with Gasteiger partial charge in [-0.15, -0.1) is 0 Å². The summed E-state index contributed by atoms with van der Waals surface area (Å²) in [4.78, 5) is 9.96. The summed E-state index contributed by atoms with van der Waals surface area (Å²) >= 11 is 1.47. The molecule has 0 aliphatic rings. The predicted octanol–water partition coefficient (Wildman–Crippen LogP) is 4.11. The van der Waals surface area contributed by atoms with Gasteiger partial charge < -0.3 is 5.32 Å². The van der Waals surface area contributed by atoms with Crippen LogP contribution < -0.4 is 5.32 Å². The summed E-state index contributed by atoms with van der Waals surface area (Å²) in [5.74, 6) is -2.05. The van der Waals surface area contributed by atoms with E-state index in [4.69, 9.17) is 0 Å². The number of halogens is 2. The fourth-order valence-corrected chi connectivity index (χ4v) is 2.45. The van der Waals surface area contributed by atoms with Crippen molar-refractivity contribution in [1.29, 1.82) is 0 Å². The summed E-state index contributed by atoms with van der Waals surface area (Å²) in [5.41, 5.74) is -0.0198.